The number of anilines is 1. The number of pyridine rings is 1. The quantitative estimate of drug-likeness (QED) is 0.784. The minimum Gasteiger partial charge on any atom is -0.388 e. The molecule has 0 saturated heterocycles. The molecule has 2 aromatic rings. The van der Waals surface area contributed by atoms with Crippen LogP contribution < -0.4 is 10.5 Å². The van der Waals surface area contributed by atoms with Crippen molar-refractivity contribution in [2.45, 2.75) is 4.90 Å². The van der Waals surface area contributed by atoms with Crippen molar-refractivity contribution in [2.24, 2.45) is 5.73 Å². The van der Waals surface area contributed by atoms with Crippen LogP contribution in [-0.4, -0.2) is 18.4 Å². The van der Waals surface area contributed by atoms with Gasteiger partial charge in [0.25, 0.3) is 10.0 Å². The Labute approximate surface area is 134 Å². The molecule has 1 heterocycles. The maximum absolute atomic E-state index is 13.4. The summed E-state index contributed by atoms with van der Waals surface area (Å²) in [6, 6.07) is 6.62. The van der Waals surface area contributed by atoms with Crippen LogP contribution in [0.5, 0.6) is 0 Å². The van der Waals surface area contributed by atoms with Gasteiger partial charge in [-0.25, -0.2) is 12.8 Å². The zero-order valence-electron chi connectivity index (χ0n) is 10.4. The lowest BCUT2D eigenvalue weighted by molar-refractivity contribution is 0.600. The summed E-state index contributed by atoms with van der Waals surface area (Å²) in [6.45, 7) is 0. The van der Waals surface area contributed by atoms with Gasteiger partial charge in [-0.3, -0.25) is 9.71 Å². The topological polar surface area (TPSA) is 85.1 Å². The highest BCUT2D eigenvalue weighted by atomic mass is 79.9. The highest BCUT2D eigenvalue weighted by Gasteiger charge is 2.15. The number of nitrogens with one attached hydrogen (secondary N) is 1. The fourth-order valence-corrected chi connectivity index (χ4v) is 2.82. The van der Waals surface area contributed by atoms with Crippen molar-refractivity contribution in [2.75, 3.05) is 4.72 Å². The van der Waals surface area contributed by atoms with Crippen LogP contribution in [0.15, 0.2) is 45.9 Å². The summed E-state index contributed by atoms with van der Waals surface area (Å²) < 4.78 is 40.1. The molecule has 0 fully saturated rings. The summed E-state index contributed by atoms with van der Waals surface area (Å²) in [5.41, 5.74) is 5.81. The molecule has 1 aromatic carbocycles. The number of hydrogen-bond acceptors (Lipinski definition) is 4. The Morgan fingerprint density at radius 1 is 1.33 bits per heavy atom. The van der Waals surface area contributed by atoms with E-state index in [-0.39, 0.29) is 20.0 Å². The highest BCUT2D eigenvalue weighted by Crippen LogP contribution is 2.21. The second kappa shape index (κ2) is 6.04. The molecule has 21 heavy (non-hydrogen) atoms. The standard InChI is InChI=1S/C12H9BrFN3O2S2/c13-9-3-1-7(5-10(9)14)17-21(18,19)8-2-4-11(12(15)20)16-6-8/h1-6,17H,(H2,15,20). The largest absolute Gasteiger partial charge is 0.388 e. The Bertz CT molecular complexity index is 795. The first-order chi connectivity index (χ1) is 9.79. The van der Waals surface area contributed by atoms with Gasteiger partial charge in [0.05, 0.1) is 15.9 Å². The van der Waals surface area contributed by atoms with E-state index in [0.29, 0.717) is 5.69 Å². The van der Waals surface area contributed by atoms with Gasteiger partial charge in [0.15, 0.2) is 0 Å². The average Bonchev–Trinajstić information content (AvgIpc) is 2.43. The van der Waals surface area contributed by atoms with Crippen LogP contribution >= 0.6 is 28.1 Å². The Balaban J connectivity index is 2.29. The van der Waals surface area contributed by atoms with Gasteiger partial charge < -0.3 is 5.73 Å². The van der Waals surface area contributed by atoms with E-state index in [4.69, 9.17) is 18.0 Å². The molecule has 2 rings (SSSR count). The highest BCUT2D eigenvalue weighted by molar-refractivity contribution is 9.10. The summed E-state index contributed by atoms with van der Waals surface area (Å²) in [6.07, 6.45) is 1.13. The van der Waals surface area contributed by atoms with Crippen molar-refractivity contribution in [3.63, 3.8) is 0 Å². The molecule has 3 N–H and O–H groups in total. The minimum absolute atomic E-state index is 0.0712. The van der Waals surface area contributed by atoms with Gasteiger partial charge in [-0.15, -0.1) is 0 Å². The molecular formula is C12H9BrFN3O2S2. The Hall–Kier alpha value is -1.58. The number of nitrogens with two attached hydrogens (primary N) is 1. The maximum Gasteiger partial charge on any atom is 0.263 e. The van der Waals surface area contributed by atoms with E-state index in [1.165, 1.54) is 24.3 Å². The molecule has 0 atom stereocenters. The molecule has 5 nitrogen and oxygen atoms in total. The Kier molecular flexibility index (Phi) is 4.55. The lowest BCUT2D eigenvalue weighted by Gasteiger charge is -2.08. The molecule has 9 heteroatoms. The molecule has 0 amide bonds. The van der Waals surface area contributed by atoms with Crippen LogP contribution in [0.1, 0.15) is 5.69 Å². The first-order valence-corrected chi connectivity index (χ1v) is 8.22. The third kappa shape index (κ3) is 3.74. The Morgan fingerprint density at radius 2 is 2.05 bits per heavy atom. The van der Waals surface area contributed by atoms with Gasteiger partial charge in [0.1, 0.15) is 15.7 Å². The zero-order chi connectivity index (χ0) is 15.6. The van der Waals surface area contributed by atoms with Gasteiger partial charge in [-0.1, -0.05) is 12.2 Å². The van der Waals surface area contributed by atoms with Crippen LogP contribution in [0.4, 0.5) is 10.1 Å². The number of rotatable bonds is 4. The fraction of sp³-hybridized carbons (Fsp3) is 0. The molecule has 1 aromatic heterocycles. The number of nitrogens with zero attached hydrogens (tertiary/aromatic N) is 1. The van der Waals surface area contributed by atoms with Gasteiger partial charge in [0, 0.05) is 6.20 Å². The van der Waals surface area contributed by atoms with Crippen molar-refractivity contribution in [3.05, 3.63) is 52.5 Å². The first-order valence-electron chi connectivity index (χ1n) is 5.53. The molecule has 0 aliphatic rings. The average molecular weight is 390 g/mol. The molecule has 0 saturated carbocycles. The van der Waals surface area contributed by atoms with Crippen molar-refractivity contribution in [1.82, 2.24) is 4.98 Å². The molecule has 0 radical (unpaired) electrons. The zero-order valence-corrected chi connectivity index (χ0v) is 13.6. The maximum atomic E-state index is 13.4. The molecule has 0 aliphatic heterocycles. The number of halogens is 2. The number of thiocarbonyl (C=S) groups is 1. The van der Waals surface area contributed by atoms with Crippen LogP contribution in [0.3, 0.4) is 0 Å². The molecule has 0 spiro atoms. The molecule has 0 unspecified atom stereocenters. The van der Waals surface area contributed by atoms with E-state index >= 15 is 0 Å². The van der Waals surface area contributed by atoms with E-state index in [2.05, 4.69) is 25.6 Å². The summed E-state index contributed by atoms with van der Waals surface area (Å²) in [4.78, 5) is 3.84. The van der Waals surface area contributed by atoms with E-state index < -0.39 is 15.8 Å². The summed E-state index contributed by atoms with van der Waals surface area (Å²) in [5, 5.41) is 0. The smallest absolute Gasteiger partial charge is 0.263 e. The summed E-state index contributed by atoms with van der Waals surface area (Å²) in [5.74, 6) is -0.572. The predicted octanol–water partition coefficient (Wildman–Crippen LogP) is 2.42. The number of aromatic nitrogens is 1. The predicted molar refractivity (Wildman–Crippen MR) is 85.0 cm³/mol. The lowest BCUT2D eigenvalue weighted by atomic mass is 10.3. The Morgan fingerprint density at radius 3 is 2.57 bits per heavy atom. The van der Waals surface area contributed by atoms with Gasteiger partial charge in [0.2, 0.25) is 0 Å². The summed E-state index contributed by atoms with van der Waals surface area (Å²) >= 11 is 7.72. The summed E-state index contributed by atoms with van der Waals surface area (Å²) in [7, 11) is -3.86. The second-order valence-electron chi connectivity index (χ2n) is 3.98. The fourth-order valence-electron chi connectivity index (χ4n) is 1.46. The number of sulfonamides is 1. The van der Waals surface area contributed by atoms with E-state index in [9.17, 15) is 12.8 Å². The second-order valence-corrected chi connectivity index (χ2v) is 6.95. The number of benzene rings is 1. The van der Waals surface area contributed by atoms with Gasteiger partial charge in [-0.05, 0) is 46.3 Å². The third-order valence-corrected chi connectivity index (χ3v) is 4.69. The monoisotopic (exact) mass is 389 g/mol. The van der Waals surface area contributed by atoms with Crippen LogP contribution in [0.25, 0.3) is 0 Å². The van der Waals surface area contributed by atoms with E-state index in [1.807, 2.05) is 0 Å². The lowest BCUT2D eigenvalue weighted by Crippen LogP contribution is -2.15. The van der Waals surface area contributed by atoms with Crippen LogP contribution in [0, 0.1) is 5.82 Å². The molecular weight excluding hydrogens is 381 g/mol. The van der Waals surface area contributed by atoms with Crippen molar-refractivity contribution < 1.29 is 12.8 Å². The number of hydrogen-bond donors (Lipinski definition) is 2. The van der Waals surface area contributed by atoms with Gasteiger partial charge >= 0.3 is 0 Å². The van der Waals surface area contributed by atoms with Crippen molar-refractivity contribution >= 4 is 48.8 Å². The van der Waals surface area contributed by atoms with Crippen LogP contribution in [0.2, 0.25) is 0 Å². The van der Waals surface area contributed by atoms with Crippen molar-refractivity contribution in [1.29, 1.82) is 0 Å². The van der Waals surface area contributed by atoms with Crippen molar-refractivity contribution in [3.8, 4) is 0 Å². The minimum atomic E-state index is -3.86. The molecule has 0 aliphatic carbocycles. The van der Waals surface area contributed by atoms with Gasteiger partial charge in [-0.2, -0.15) is 0 Å². The molecule has 110 valence electrons. The SMILES string of the molecule is NC(=S)c1ccc(S(=O)(=O)Nc2ccc(Br)c(F)c2)cn1. The first kappa shape index (κ1) is 15.8. The van der Waals surface area contributed by atoms with Crippen LogP contribution in [-0.2, 0) is 10.0 Å². The van der Waals surface area contributed by atoms with E-state index in [0.717, 1.165) is 12.3 Å². The van der Waals surface area contributed by atoms with E-state index in [1.54, 1.807) is 0 Å². The normalized spacial score (nSPS) is 11.1. The molecule has 0 bridgehead atoms. The third-order valence-electron chi connectivity index (χ3n) is 2.47.